The summed E-state index contributed by atoms with van der Waals surface area (Å²) in [5.74, 6) is 0.0214. The van der Waals surface area contributed by atoms with Crippen molar-refractivity contribution in [2.24, 2.45) is 0 Å². The number of likely N-dealkylation sites (N-methyl/N-ethyl adjacent to an activating group) is 1. The molecule has 0 aliphatic carbocycles. The van der Waals surface area contributed by atoms with E-state index >= 15 is 0 Å². The molecule has 1 aromatic carbocycles. The number of carbonyl (C=O) groups excluding carboxylic acids is 1. The summed E-state index contributed by atoms with van der Waals surface area (Å²) in [6, 6.07) is 13.9. The van der Waals surface area contributed by atoms with Crippen molar-refractivity contribution in [3.63, 3.8) is 0 Å². The maximum Gasteiger partial charge on any atom is 0.253 e. The first-order valence-electron chi connectivity index (χ1n) is 9.15. The molecular weight excluding hydrogens is 334 g/mol. The zero-order valence-corrected chi connectivity index (χ0v) is 16.3. The van der Waals surface area contributed by atoms with Crippen LogP contribution in [0.3, 0.4) is 0 Å². The van der Waals surface area contributed by atoms with E-state index in [1.54, 1.807) is 11.1 Å². The minimum absolute atomic E-state index is 0.0214. The molecule has 4 heteroatoms. The van der Waals surface area contributed by atoms with Gasteiger partial charge in [0.25, 0.3) is 5.91 Å². The van der Waals surface area contributed by atoms with Gasteiger partial charge in [-0.05, 0) is 73.4 Å². The van der Waals surface area contributed by atoms with Crippen LogP contribution in [0.25, 0.3) is 11.1 Å². The van der Waals surface area contributed by atoms with Gasteiger partial charge in [0.1, 0.15) is 0 Å². The van der Waals surface area contributed by atoms with Gasteiger partial charge in [0.05, 0.1) is 0 Å². The van der Waals surface area contributed by atoms with Crippen LogP contribution in [0.4, 0.5) is 0 Å². The summed E-state index contributed by atoms with van der Waals surface area (Å²) in [6.07, 6.45) is 6.19. The molecule has 2 aromatic heterocycles. The molecule has 0 saturated heterocycles. The Hall–Kier alpha value is -3.01. The quantitative estimate of drug-likeness (QED) is 0.675. The lowest BCUT2D eigenvalue weighted by Crippen LogP contribution is -2.36. The monoisotopic (exact) mass is 359 g/mol. The van der Waals surface area contributed by atoms with Crippen molar-refractivity contribution in [3.05, 3.63) is 83.4 Å². The molecule has 0 aliphatic heterocycles. The highest BCUT2D eigenvalue weighted by molar-refractivity contribution is 5.94. The van der Waals surface area contributed by atoms with E-state index in [1.165, 1.54) is 5.56 Å². The second kappa shape index (κ2) is 8.12. The second-order valence-corrected chi connectivity index (χ2v) is 7.06. The van der Waals surface area contributed by atoms with E-state index in [4.69, 9.17) is 0 Å². The van der Waals surface area contributed by atoms with Gasteiger partial charge in [-0.2, -0.15) is 0 Å². The summed E-state index contributed by atoms with van der Waals surface area (Å²) in [6.45, 7) is 6.14. The fourth-order valence-corrected chi connectivity index (χ4v) is 3.14. The van der Waals surface area contributed by atoms with Gasteiger partial charge in [-0.3, -0.25) is 14.8 Å². The first kappa shape index (κ1) is 18.8. The summed E-state index contributed by atoms with van der Waals surface area (Å²) in [5.41, 5.74) is 6.22. The Labute approximate surface area is 160 Å². The van der Waals surface area contributed by atoms with Crippen LogP contribution in [0, 0.1) is 13.8 Å². The highest BCUT2D eigenvalue weighted by Gasteiger charge is 2.18. The Morgan fingerprint density at radius 3 is 2.48 bits per heavy atom. The summed E-state index contributed by atoms with van der Waals surface area (Å²) in [4.78, 5) is 23.2. The van der Waals surface area contributed by atoms with E-state index in [0.717, 1.165) is 28.8 Å². The third-order valence-corrected chi connectivity index (χ3v) is 4.92. The number of rotatable bonds is 5. The molecule has 0 bridgehead atoms. The van der Waals surface area contributed by atoms with Crippen molar-refractivity contribution in [2.75, 3.05) is 7.05 Å². The number of benzene rings is 1. The van der Waals surface area contributed by atoms with Crippen molar-refractivity contribution in [1.82, 2.24) is 14.9 Å². The minimum atomic E-state index is 0.0214. The highest BCUT2D eigenvalue weighted by Crippen LogP contribution is 2.23. The van der Waals surface area contributed by atoms with Gasteiger partial charge in [-0.1, -0.05) is 12.1 Å². The van der Waals surface area contributed by atoms with E-state index < -0.39 is 0 Å². The molecule has 138 valence electrons. The molecule has 0 spiro atoms. The zero-order chi connectivity index (χ0) is 19.4. The van der Waals surface area contributed by atoms with Gasteiger partial charge >= 0.3 is 0 Å². The van der Waals surface area contributed by atoms with E-state index in [9.17, 15) is 4.79 Å². The number of carbonyl (C=O) groups is 1. The predicted molar refractivity (Wildman–Crippen MR) is 109 cm³/mol. The molecule has 0 fully saturated rings. The number of amides is 1. The van der Waals surface area contributed by atoms with Gasteiger partial charge in [0.2, 0.25) is 0 Å². The molecule has 0 radical (unpaired) electrons. The Bertz CT molecular complexity index is 934. The molecule has 27 heavy (non-hydrogen) atoms. The number of hydrogen-bond acceptors (Lipinski definition) is 3. The van der Waals surface area contributed by atoms with Gasteiger partial charge in [-0.15, -0.1) is 0 Å². The number of aromatic nitrogens is 2. The molecular formula is C23H25N3O. The van der Waals surface area contributed by atoms with Gasteiger partial charge in [0, 0.05) is 49.4 Å². The molecule has 3 rings (SSSR count). The molecule has 1 amide bonds. The summed E-state index contributed by atoms with van der Waals surface area (Å²) < 4.78 is 0. The SMILES string of the molecule is Cc1ccnc(CC(C)N(C)C(=O)c2ccc(-c3ccncc3C)cc2)c1. The van der Waals surface area contributed by atoms with Crippen molar-refractivity contribution < 1.29 is 4.79 Å². The van der Waals surface area contributed by atoms with Crippen LogP contribution in [-0.2, 0) is 6.42 Å². The first-order chi connectivity index (χ1) is 13.0. The standard InChI is InChI=1S/C23H25N3O/c1-16-9-12-25-21(13-16)14-18(3)26(4)23(27)20-7-5-19(6-8-20)22-10-11-24-15-17(22)2/h5-13,15,18H,14H2,1-4H3. The third-order valence-electron chi connectivity index (χ3n) is 4.92. The largest absolute Gasteiger partial charge is 0.339 e. The molecule has 3 aromatic rings. The lowest BCUT2D eigenvalue weighted by Gasteiger charge is -2.25. The summed E-state index contributed by atoms with van der Waals surface area (Å²) >= 11 is 0. The maximum absolute atomic E-state index is 12.9. The third kappa shape index (κ3) is 4.40. The normalized spacial score (nSPS) is 11.9. The van der Waals surface area contributed by atoms with Crippen molar-refractivity contribution in [2.45, 2.75) is 33.2 Å². The van der Waals surface area contributed by atoms with Crippen molar-refractivity contribution in [1.29, 1.82) is 0 Å². The van der Waals surface area contributed by atoms with Gasteiger partial charge in [0.15, 0.2) is 0 Å². The Morgan fingerprint density at radius 1 is 1.07 bits per heavy atom. The van der Waals surface area contributed by atoms with E-state index in [2.05, 4.69) is 29.9 Å². The first-order valence-corrected chi connectivity index (χ1v) is 9.15. The van der Waals surface area contributed by atoms with Crippen LogP contribution >= 0.6 is 0 Å². The second-order valence-electron chi connectivity index (χ2n) is 7.06. The Balaban J connectivity index is 1.72. The summed E-state index contributed by atoms with van der Waals surface area (Å²) in [5, 5.41) is 0. The minimum Gasteiger partial charge on any atom is -0.339 e. The number of hydrogen-bond donors (Lipinski definition) is 0. The fourth-order valence-electron chi connectivity index (χ4n) is 3.14. The molecule has 0 saturated carbocycles. The van der Waals surface area contributed by atoms with E-state index in [-0.39, 0.29) is 11.9 Å². The highest BCUT2D eigenvalue weighted by atomic mass is 16.2. The predicted octanol–water partition coefficient (Wildman–Crippen LogP) is 4.46. The van der Waals surface area contributed by atoms with E-state index in [0.29, 0.717) is 5.56 Å². The van der Waals surface area contributed by atoms with Crippen LogP contribution < -0.4 is 0 Å². The number of aryl methyl sites for hydroxylation is 2. The molecule has 0 N–H and O–H groups in total. The van der Waals surface area contributed by atoms with E-state index in [1.807, 2.05) is 62.8 Å². The topological polar surface area (TPSA) is 46.1 Å². The maximum atomic E-state index is 12.9. The summed E-state index contributed by atoms with van der Waals surface area (Å²) in [7, 11) is 1.85. The Morgan fingerprint density at radius 2 is 1.81 bits per heavy atom. The van der Waals surface area contributed by atoms with Crippen molar-refractivity contribution in [3.8, 4) is 11.1 Å². The molecule has 1 atom stereocenters. The number of nitrogens with zero attached hydrogens (tertiary/aromatic N) is 3. The molecule has 4 nitrogen and oxygen atoms in total. The lowest BCUT2D eigenvalue weighted by molar-refractivity contribution is 0.0743. The Kier molecular flexibility index (Phi) is 5.65. The molecule has 1 unspecified atom stereocenters. The molecule has 2 heterocycles. The number of pyridine rings is 2. The van der Waals surface area contributed by atoms with Crippen molar-refractivity contribution >= 4 is 5.91 Å². The van der Waals surface area contributed by atoms with Crippen LogP contribution in [0.15, 0.2) is 61.1 Å². The smallest absolute Gasteiger partial charge is 0.253 e. The zero-order valence-electron chi connectivity index (χ0n) is 16.3. The van der Waals surface area contributed by atoms with Crippen LogP contribution in [0.5, 0.6) is 0 Å². The average molecular weight is 359 g/mol. The lowest BCUT2D eigenvalue weighted by atomic mass is 10.0. The van der Waals surface area contributed by atoms with Gasteiger partial charge in [-0.25, -0.2) is 0 Å². The van der Waals surface area contributed by atoms with Crippen LogP contribution in [0.2, 0.25) is 0 Å². The fraction of sp³-hybridized carbons (Fsp3) is 0.261. The van der Waals surface area contributed by atoms with Crippen LogP contribution in [0.1, 0.15) is 34.1 Å². The average Bonchev–Trinajstić information content (AvgIpc) is 2.67. The van der Waals surface area contributed by atoms with Gasteiger partial charge < -0.3 is 4.90 Å². The molecule has 0 aliphatic rings. The van der Waals surface area contributed by atoms with Crippen LogP contribution in [-0.4, -0.2) is 33.9 Å².